The highest BCUT2D eigenvalue weighted by Gasteiger charge is 2.33. The van der Waals surface area contributed by atoms with Crippen LogP contribution < -0.4 is 10.2 Å². The van der Waals surface area contributed by atoms with E-state index in [9.17, 15) is 0 Å². The summed E-state index contributed by atoms with van der Waals surface area (Å²) in [5, 5.41) is 3.06. The number of nitrogens with zero attached hydrogens (tertiary/aromatic N) is 2. The number of anilines is 2. The normalized spacial score (nSPS) is 23.7. The van der Waals surface area contributed by atoms with Gasteiger partial charge in [0.2, 0.25) is 0 Å². The Morgan fingerprint density at radius 2 is 2.33 bits per heavy atom. The van der Waals surface area contributed by atoms with E-state index in [-0.39, 0.29) is 0 Å². The molecule has 1 aliphatic rings. The fourth-order valence-electron chi connectivity index (χ4n) is 1.90. The van der Waals surface area contributed by atoms with Gasteiger partial charge >= 0.3 is 0 Å². The summed E-state index contributed by atoms with van der Waals surface area (Å²) in [6.07, 6.45) is 3.24. The second-order valence-electron chi connectivity index (χ2n) is 4.50. The highest BCUT2D eigenvalue weighted by atomic mass is 15.1. The summed E-state index contributed by atoms with van der Waals surface area (Å²) in [5.41, 5.74) is 1.24. The van der Waals surface area contributed by atoms with Crippen molar-refractivity contribution in [1.82, 2.24) is 4.98 Å². The van der Waals surface area contributed by atoms with Gasteiger partial charge in [-0.2, -0.15) is 0 Å². The first-order valence-electron chi connectivity index (χ1n) is 5.55. The van der Waals surface area contributed by atoms with Gasteiger partial charge in [0.05, 0.1) is 0 Å². The van der Waals surface area contributed by atoms with Gasteiger partial charge in [0.15, 0.2) is 0 Å². The Hall–Kier alpha value is -1.25. The molecule has 1 aliphatic carbocycles. The Balaban J connectivity index is 2.00. The summed E-state index contributed by atoms with van der Waals surface area (Å²) in [6.45, 7) is 3.48. The summed E-state index contributed by atoms with van der Waals surface area (Å²) in [6, 6.07) is 4.15. The van der Waals surface area contributed by atoms with Crippen molar-refractivity contribution >= 4 is 11.5 Å². The zero-order valence-corrected chi connectivity index (χ0v) is 9.70. The van der Waals surface area contributed by atoms with Crippen LogP contribution in [-0.2, 0) is 0 Å². The zero-order chi connectivity index (χ0) is 10.8. The van der Waals surface area contributed by atoms with Gasteiger partial charge in [-0.25, -0.2) is 4.98 Å². The standard InChI is InChI=1S/C12H19N3/c1-9-6-10(9)8-15(3)11-4-5-14-12(7-11)13-2/h4-5,7,9-10H,6,8H2,1-3H3,(H,13,14). The maximum absolute atomic E-state index is 4.21. The molecule has 0 aromatic carbocycles. The highest BCUT2D eigenvalue weighted by Crippen LogP contribution is 2.38. The minimum Gasteiger partial charge on any atom is -0.374 e. The summed E-state index contributed by atoms with van der Waals surface area (Å²) in [4.78, 5) is 6.53. The minimum absolute atomic E-state index is 0.890. The van der Waals surface area contributed by atoms with Crippen molar-refractivity contribution in [2.75, 3.05) is 30.9 Å². The zero-order valence-electron chi connectivity index (χ0n) is 9.70. The highest BCUT2D eigenvalue weighted by molar-refractivity contribution is 5.53. The first-order chi connectivity index (χ1) is 7.20. The van der Waals surface area contributed by atoms with Crippen LogP contribution in [0.4, 0.5) is 11.5 Å². The fraction of sp³-hybridized carbons (Fsp3) is 0.583. The van der Waals surface area contributed by atoms with Crippen LogP contribution in [0.25, 0.3) is 0 Å². The van der Waals surface area contributed by atoms with Crippen LogP contribution in [0.1, 0.15) is 13.3 Å². The third-order valence-corrected chi connectivity index (χ3v) is 3.22. The average Bonchev–Trinajstić information content (AvgIpc) is 2.94. The monoisotopic (exact) mass is 205 g/mol. The molecule has 1 aromatic rings. The predicted octanol–water partition coefficient (Wildman–Crippen LogP) is 2.22. The number of hydrogen-bond donors (Lipinski definition) is 1. The van der Waals surface area contributed by atoms with E-state index in [1.54, 1.807) is 0 Å². The molecule has 1 fully saturated rings. The van der Waals surface area contributed by atoms with Crippen molar-refractivity contribution < 1.29 is 0 Å². The molecule has 0 saturated heterocycles. The second kappa shape index (κ2) is 4.09. The van der Waals surface area contributed by atoms with E-state index in [1.165, 1.54) is 12.1 Å². The Labute approximate surface area is 91.5 Å². The van der Waals surface area contributed by atoms with E-state index in [4.69, 9.17) is 0 Å². The van der Waals surface area contributed by atoms with Crippen LogP contribution in [-0.4, -0.2) is 25.6 Å². The summed E-state index contributed by atoms with van der Waals surface area (Å²) < 4.78 is 0. The molecule has 1 saturated carbocycles. The maximum atomic E-state index is 4.21. The van der Waals surface area contributed by atoms with E-state index in [0.717, 1.165) is 24.2 Å². The van der Waals surface area contributed by atoms with Crippen LogP contribution in [0.15, 0.2) is 18.3 Å². The smallest absolute Gasteiger partial charge is 0.127 e. The van der Waals surface area contributed by atoms with Crippen molar-refractivity contribution in [3.8, 4) is 0 Å². The summed E-state index contributed by atoms with van der Waals surface area (Å²) >= 11 is 0. The molecule has 15 heavy (non-hydrogen) atoms. The van der Waals surface area contributed by atoms with Crippen LogP contribution in [0, 0.1) is 11.8 Å². The molecular weight excluding hydrogens is 186 g/mol. The summed E-state index contributed by atoms with van der Waals surface area (Å²) in [5.74, 6) is 2.74. The van der Waals surface area contributed by atoms with Crippen LogP contribution in [0.5, 0.6) is 0 Å². The molecule has 2 atom stereocenters. The topological polar surface area (TPSA) is 28.2 Å². The van der Waals surface area contributed by atoms with E-state index < -0.39 is 0 Å². The minimum atomic E-state index is 0.890. The first kappa shape index (κ1) is 10.3. The molecule has 1 aromatic heterocycles. The van der Waals surface area contributed by atoms with Crippen LogP contribution in [0.2, 0.25) is 0 Å². The molecule has 2 unspecified atom stereocenters. The molecule has 0 bridgehead atoms. The molecule has 0 amide bonds. The van der Waals surface area contributed by atoms with Gasteiger partial charge in [-0.05, 0) is 24.3 Å². The van der Waals surface area contributed by atoms with Crippen LogP contribution in [0.3, 0.4) is 0 Å². The quantitative estimate of drug-likeness (QED) is 0.817. The molecule has 0 radical (unpaired) electrons. The maximum Gasteiger partial charge on any atom is 0.127 e. The van der Waals surface area contributed by atoms with Gasteiger partial charge in [-0.15, -0.1) is 0 Å². The van der Waals surface area contributed by atoms with Gasteiger partial charge in [-0.1, -0.05) is 6.92 Å². The van der Waals surface area contributed by atoms with E-state index in [0.29, 0.717) is 0 Å². The van der Waals surface area contributed by atoms with Gasteiger partial charge in [0.25, 0.3) is 0 Å². The largest absolute Gasteiger partial charge is 0.374 e. The molecule has 0 spiro atoms. The lowest BCUT2D eigenvalue weighted by atomic mass is 10.3. The molecule has 3 nitrogen and oxygen atoms in total. The molecule has 0 aliphatic heterocycles. The Morgan fingerprint density at radius 1 is 1.60 bits per heavy atom. The Kier molecular flexibility index (Phi) is 2.80. The molecule has 82 valence electrons. The van der Waals surface area contributed by atoms with Gasteiger partial charge in [0, 0.05) is 38.6 Å². The van der Waals surface area contributed by atoms with Gasteiger partial charge in [0.1, 0.15) is 5.82 Å². The number of rotatable bonds is 4. The van der Waals surface area contributed by atoms with Crippen molar-refractivity contribution in [3.05, 3.63) is 18.3 Å². The second-order valence-corrected chi connectivity index (χ2v) is 4.50. The van der Waals surface area contributed by atoms with Gasteiger partial charge in [-0.3, -0.25) is 0 Å². The van der Waals surface area contributed by atoms with Crippen molar-refractivity contribution in [3.63, 3.8) is 0 Å². The number of nitrogens with one attached hydrogen (secondary N) is 1. The molecule has 1 N–H and O–H groups in total. The first-order valence-corrected chi connectivity index (χ1v) is 5.55. The Morgan fingerprint density at radius 3 is 2.93 bits per heavy atom. The SMILES string of the molecule is CNc1cc(N(C)CC2CC2C)ccn1. The fourth-order valence-corrected chi connectivity index (χ4v) is 1.90. The van der Waals surface area contributed by atoms with E-state index in [2.05, 4.69) is 41.3 Å². The Bertz CT molecular complexity index is 337. The number of aromatic nitrogens is 1. The van der Waals surface area contributed by atoms with Gasteiger partial charge < -0.3 is 10.2 Å². The third-order valence-electron chi connectivity index (χ3n) is 3.22. The number of pyridine rings is 1. The lowest BCUT2D eigenvalue weighted by Crippen LogP contribution is -2.20. The molecule has 3 heteroatoms. The predicted molar refractivity (Wildman–Crippen MR) is 64.3 cm³/mol. The van der Waals surface area contributed by atoms with Crippen molar-refractivity contribution in [1.29, 1.82) is 0 Å². The number of hydrogen-bond acceptors (Lipinski definition) is 3. The average molecular weight is 205 g/mol. The molecule has 1 heterocycles. The van der Waals surface area contributed by atoms with Crippen LogP contribution >= 0.6 is 0 Å². The van der Waals surface area contributed by atoms with Crippen molar-refractivity contribution in [2.24, 2.45) is 11.8 Å². The van der Waals surface area contributed by atoms with Crippen molar-refractivity contribution in [2.45, 2.75) is 13.3 Å². The lowest BCUT2D eigenvalue weighted by Gasteiger charge is -2.19. The summed E-state index contributed by atoms with van der Waals surface area (Å²) in [7, 11) is 4.05. The van der Waals surface area contributed by atoms with E-state index in [1.807, 2.05) is 13.2 Å². The molecular formula is C12H19N3. The molecule has 2 rings (SSSR count). The van der Waals surface area contributed by atoms with E-state index >= 15 is 0 Å². The lowest BCUT2D eigenvalue weighted by molar-refractivity contribution is 0.725. The third kappa shape index (κ3) is 2.41.